The smallest absolute Gasteiger partial charge is 0.0991 e. The summed E-state index contributed by atoms with van der Waals surface area (Å²) in [5, 5.41) is 15.6. The number of hydrogen-bond donors (Lipinski definition) is 2. The van der Waals surface area contributed by atoms with E-state index in [2.05, 4.69) is 61.9 Å². The number of rotatable bonds is 8. The average Bonchev–Trinajstić information content (AvgIpc) is 2.63. The molecule has 0 aliphatic rings. The van der Waals surface area contributed by atoms with Gasteiger partial charge in [0.15, 0.2) is 0 Å². The third-order valence-electron chi connectivity index (χ3n) is 4.10. The molecule has 0 saturated heterocycles. The Morgan fingerprint density at radius 3 is 2.36 bits per heavy atom. The molecule has 0 heterocycles. The van der Waals surface area contributed by atoms with E-state index in [1.807, 2.05) is 12.1 Å². The first-order valence-electron chi connectivity index (χ1n) is 8.55. The van der Waals surface area contributed by atoms with Crippen LogP contribution in [-0.4, -0.2) is 6.54 Å². The maximum absolute atomic E-state index is 8.90. The van der Waals surface area contributed by atoms with E-state index in [0.717, 1.165) is 53.2 Å². The number of benzene rings is 2. The molecule has 2 aromatic carbocycles. The van der Waals surface area contributed by atoms with Gasteiger partial charge in [0.1, 0.15) is 0 Å². The zero-order valence-electron chi connectivity index (χ0n) is 15.0. The standard InChI is InChI=1S/C22H25N3/c1-5-6-13-24-17(3)21-10-7-16(2)22(14-21)25-18(4)20-11-8-19(15-23)9-12-20/h7-12,14,24-25H,3-6,13H2,1-2H3. The largest absolute Gasteiger partial charge is 0.385 e. The number of anilines is 1. The molecule has 2 aromatic rings. The summed E-state index contributed by atoms with van der Waals surface area (Å²) in [4.78, 5) is 0. The fourth-order valence-corrected chi connectivity index (χ4v) is 2.44. The highest BCUT2D eigenvalue weighted by Gasteiger charge is 2.06. The molecule has 25 heavy (non-hydrogen) atoms. The van der Waals surface area contributed by atoms with Crippen molar-refractivity contribution in [1.82, 2.24) is 5.32 Å². The van der Waals surface area contributed by atoms with E-state index in [4.69, 9.17) is 5.26 Å². The lowest BCUT2D eigenvalue weighted by Crippen LogP contribution is -2.13. The van der Waals surface area contributed by atoms with Gasteiger partial charge in [0.25, 0.3) is 0 Å². The molecular formula is C22H25N3. The minimum Gasteiger partial charge on any atom is -0.385 e. The molecule has 0 bridgehead atoms. The van der Waals surface area contributed by atoms with Crippen LogP contribution in [0.4, 0.5) is 5.69 Å². The van der Waals surface area contributed by atoms with E-state index in [0.29, 0.717) is 5.56 Å². The van der Waals surface area contributed by atoms with Crippen molar-refractivity contribution >= 4 is 17.1 Å². The summed E-state index contributed by atoms with van der Waals surface area (Å²) in [6.45, 7) is 13.4. The molecule has 2 N–H and O–H groups in total. The monoisotopic (exact) mass is 331 g/mol. The molecule has 0 aliphatic carbocycles. The van der Waals surface area contributed by atoms with Crippen molar-refractivity contribution in [2.45, 2.75) is 26.7 Å². The maximum atomic E-state index is 8.90. The number of nitrogens with one attached hydrogen (secondary N) is 2. The molecule has 0 atom stereocenters. The van der Waals surface area contributed by atoms with Gasteiger partial charge in [-0.3, -0.25) is 0 Å². The number of nitriles is 1. The fourth-order valence-electron chi connectivity index (χ4n) is 2.44. The van der Waals surface area contributed by atoms with Crippen molar-refractivity contribution in [1.29, 1.82) is 5.26 Å². The molecule has 3 heteroatoms. The third-order valence-corrected chi connectivity index (χ3v) is 4.10. The first-order valence-corrected chi connectivity index (χ1v) is 8.55. The summed E-state index contributed by atoms with van der Waals surface area (Å²) in [6.07, 6.45) is 2.29. The Morgan fingerprint density at radius 1 is 1.04 bits per heavy atom. The van der Waals surface area contributed by atoms with Crippen molar-refractivity contribution in [3.8, 4) is 6.07 Å². The van der Waals surface area contributed by atoms with Crippen LogP contribution < -0.4 is 10.6 Å². The van der Waals surface area contributed by atoms with Gasteiger partial charge in [-0.1, -0.05) is 50.8 Å². The van der Waals surface area contributed by atoms with Gasteiger partial charge in [-0.2, -0.15) is 5.26 Å². The van der Waals surface area contributed by atoms with Crippen LogP contribution in [0.1, 0.15) is 42.0 Å². The summed E-state index contributed by atoms with van der Waals surface area (Å²) in [7, 11) is 0. The zero-order valence-corrected chi connectivity index (χ0v) is 15.0. The van der Waals surface area contributed by atoms with E-state index in [-0.39, 0.29) is 0 Å². The minimum absolute atomic E-state index is 0.643. The molecule has 2 rings (SSSR count). The predicted octanol–water partition coefficient (Wildman–Crippen LogP) is 5.31. The Kier molecular flexibility index (Phi) is 6.42. The molecule has 0 spiro atoms. The second-order valence-corrected chi connectivity index (χ2v) is 6.08. The van der Waals surface area contributed by atoms with Crippen LogP contribution in [0.5, 0.6) is 0 Å². The third kappa shape index (κ3) is 4.99. The Morgan fingerprint density at radius 2 is 1.72 bits per heavy atom. The summed E-state index contributed by atoms with van der Waals surface area (Å²) in [5.41, 5.74) is 6.55. The molecule has 0 radical (unpaired) electrons. The van der Waals surface area contributed by atoms with Crippen LogP contribution in [0.15, 0.2) is 55.6 Å². The van der Waals surface area contributed by atoms with Crippen LogP contribution >= 0.6 is 0 Å². The molecule has 0 aliphatic heterocycles. The van der Waals surface area contributed by atoms with Crippen molar-refractivity contribution in [3.63, 3.8) is 0 Å². The van der Waals surface area contributed by atoms with Gasteiger partial charge in [0, 0.05) is 23.6 Å². The van der Waals surface area contributed by atoms with Gasteiger partial charge >= 0.3 is 0 Å². The lowest BCUT2D eigenvalue weighted by Gasteiger charge is -2.15. The number of aryl methyl sites for hydroxylation is 1. The summed E-state index contributed by atoms with van der Waals surface area (Å²) >= 11 is 0. The quantitative estimate of drug-likeness (QED) is 0.644. The molecule has 0 amide bonds. The van der Waals surface area contributed by atoms with Crippen molar-refractivity contribution in [3.05, 3.63) is 77.9 Å². The maximum Gasteiger partial charge on any atom is 0.0991 e. The number of hydrogen-bond acceptors (Lipinski definition) is 3. The van der Waals surface area contributed by atoms with Gasteiger partial charge in [-0.25, -0.2) is 0 Å². The average molecular weight is 331 g/mol. The van der Waals surface area contributed by atoms with Crippen LogP contribution in [0.25, 0.3) is 11.4 Å². The molecule has 0 saturated carbocycles. The summed E-state index contributed by atoms with van der Waals surface area (Å²) < 4.78 is 0. The second-order valence-electron chi connectivity index (χ2n) is 6.08. The zero-order chi connectivity index (χ0) is 18.2. The highest BCUT2D eigenvalue weighted by molar-refractivity contribution is 5.78. The summed E-state index contributed by atoms with van der Waals surface area (Å²) in [6, 6.07) is 15.8. The van der Waals surface area contributed by atoms with E-state index in [1.54, 1.807) is 12.1 Å². The van der Waals surface area contributed by atoms with E-state index in [1.165, 1.54) is 0 Å². The number of nitrogens with zero attached hydrogens (tertiary/aromatic N) is 1. The van der Waals surface area contributed by atoms with E-state index >= 15 is 0 Å². The molecule has 3 nitrogen and oxygen atoms in total. The van der Waals surface area contributed by atoms with Gasteiger partial charge < -0.3 is 10.6 Å². The molecule has 0 fully saturated rings. The highest BCUT2D eigenvalue weighted by Crippen LogP contribution is 2.24. The normalized spacial score (nSPS) is 9.96. The molecule has 0 unspecified atom stereocenters. The Bertz CT molecular complexity index is 795. The molecule has 0 aromatic heterocycles. The van der Waals surface area contributed by atoms with Gasteiger partial charge in [-0.15, -0.1) is 0 Å². The van der Waals surface area contributed by atoms with Crippen LogP contribution in [0, 0.1) is 18.3 Å². The Hall–Kier alpha value is -2.99. The van der Waals surface area contributed by atoms with Crippen LogP contribution in [0.3, 0.4) is 0 Å². The first-order chi connectivity index (χ1) is 12.0. The Balaban J connectivity index is 2.12. The predicted molar refractivity (Wildman–Crippen MR) is 107 cm³/mol. The van der Waals surface area contributed by atoms with Gasteiger partial charge in [0.05, 0.1) is 11.6 Å². The van der Waals surface area contributed by atoms with E-state index in [9.17, 15) is 0 Å². The molecule has 128 valence electrons. The second kappa shape index (κ2) is 8.75. The first kappa shape index (κ1) is 18.4. The SMILES string of the molecule is C=C(NCCCC)c1ccc(C)c(NC(=C)c2ccc(C#N)cc2)c1. The summed E-state index contributed by atoms with van der Waals surface area (Å²) in [5.74, 6) is 0. The highest BCUT2D eigenvalue weighted by atomic mass is 14.9. The van der Waals surface area contributed by atoms with Gasteiger partial charge in [0.2, 0.25) is 0 Å². The van der Waals surface area contributed by atoms with E-state index < -0.39 is 0 Å². The Labute approximate surface area is 150 Å². The van der Waals surface area contributed by atoms with Crippen molar-refractivity contribution in [2.24, 2.45) is 0 Å². The topological polar surface area (TPSA) is 47.8 Å². The number of unbranched alkanes of at least 4 members (excludes halogenated alkanes) is 1. The van der Waals surface area contributed by atoms with Crippen molar-refractivity contribution < 1.29 is 0 Å². The molecular weight excluding hydrogens is 306 g/mol. The fraction of sp³-hybridized carbons (Fsp3) is 0.227. The van der Waals surface area contributed by atoms with Crippen LogP contribution in [-0.2, 0) is 0 Å². The lowest BCUT2D eigenvalue weighted by atomic mass is 10.1. The van der Waals surface area contributed by atoms with Gasteiger partial charge in [-0.05, 0) is 48.2 Å². The minimum atomic E-state index is 0.643. The lowest BCUT2D eigenvalue weighted by molar-refractivity contribution is 0.745. The van der Waals surface area contributed by atoms with Crippen molar-refractivity contribution in [2.75, 3.05) is 11.9 Å². The van der Waals surface area contributed by atoms with Crippen LogP contribution in [0.2, 0.25) is 0 Å².